The number of amides is 1. The number of carbonyl (C=O) groups excluding carboxylic acids is 1. The first-order valence-electron chi connectivity index (χ1n) is 4.34. The lowest BCUT2D eigenvalue weighted by molar-refractivity contribution is -0.114. The highest BCUT2D eigenvalue weighted by Gasteiger charge is 2.26. The summed E-state index contributed by atoms with van der Waals surface area (Å²) in [5, 5.41) is 7.06. The number of benzene rings is 1. The molecule has 2 rings (SSSR count). The van der Waals surface area contributed by atoms with Gasteiger partial charge in [-0.25, -0.2) is 9.29 Å². The summed E-state index contributed by atoms with van der Waals surface area (Å²) in [5.74, 6) is -0.952. The molecule has 80 valence electrons. The van der Waals surface area contributed by atoms with E-state index in [9.17, 15) is 9.18 Å². The van der Waals surface area contributed by atoms with Gasteiger partial charge in [0, 0.05) is 0 Å². The summed E-state index contributed by atoms with van der Waals surface area (Å²) >= 11 is 4.86. The third-order valence-electron chi connectivity index (χ3n) is 1.96. The molecule has 0 saturated heterocycles. The maximum atomic E-state index is 13.0. The quantitative estimate of drug-likeness (QED) is 0.554. The highest BCUT2D eigenvalue weighted by atomic mass is 32.1. The molecule has 0 atom stereocenters. The van der Waals surface area contributed by atoms with Crippen LogP contribution in [0.2, 0.25) is 0 Å². The molecule has 0 radical (unpaired) electrons. The molecule has 6 heteroatoms. The van der Waals surface area contributed by atoms with Crippen molar-refractivity contribution in [3.8, 4) is 0 Å². The van der Waals surface area contributed by atoms with Gasteiger partial charge in [0.05, 0.1) is 5.69 Å². The van der Waals surface area contributed by atoms with Crippen LogP contribution in [0.5, 0.6) is 0 Å². The molecule has 1 heterocycles. The van der Waals surface area contributed by atoms with Gasteiger partial charge in [0.25, 0.3) is 5.91 Å². The van der Waals surface area contributed by atoms with E-state index in [1.165, 1.54) is 18.2 Å². The second-order valence-corrected chi connectivity index (χ2v) is 3.41. The van der Waals surface area contributed by atoms with Crippen LogP contribution >= 0.6 is 12.2 Å². The Morgan fingerprint density at radius 2 is 2.12 bits per heavy atom. The van der Waals surface area contributed by atoms with E-state index in [0.29, 0.717) is 5.69 Å². The molecule has 16 heavy (non-hydrogen) atoms. The molecule has 0 spiro atoms. The molecule has 0 N–H and O–H groups in total. The second kappa shape index (κ2) is 3.90. The first kappa shape index (κ1) is 10.6. The summed E-state index contributed by atoms with van der Waals surface area (Å²) in [6.45, 7) is 3.42. The van der Waals surface area contributed by atoms with E-state index >= 15 is 0 Å². The number of nitrogens with zero attached hydrogens (tertiary/aromatic N) is 3. The second-order valence-electron chi connectivity index (χ2n) is 3.05. The average molecular weight is 235 g/mol. The molecule has 1 aliphatic rings. The highest BCUT2D eigenvalue weighted by Crippen LogP contribution is 2.22. The van der Waals surface area contributed by atoms with Crippen molar-refractivity contribution in [1.29, 1.82) is 0 Å². The fraction of sp³-hybridized carbons (Fsp3) is 0. The average Bonchev–Trinajstić information content (AvgIpc) is 2.24. The molecule has 0 aliphatic carbocycles. The fourth-order valence-corrected chi connectivity index (χ4v) is 1.48. The number of rotatable bonds is 1. The number of thiocarbonyl (C=S) groups is 1. The van der Waals surface area contributed by atoms with Crippen LogP contribution in [0.3, 0.4) is 0 Å². The Kier molecular flexibility index (Phi) is 2.57. The highest BCUT2D eigenvalue weighted by molar-refractivity contribution is 7.80. The summed E-state index contributed by atoms with van der Waals surface area (Å²) in [4.78, 5) is 12.8. The van der Waals surface area contributed by atoms with Crippen LogP contribution in [0, 0.1) is 5.82 Å². The SMILES string of the molecule is C=C1N=NC(=S)N(c2cccc(F)c2)C1=O. The standard InChI is InChI=1S/C10H6FN3OS/c1-6-9(15)14(10(16)13-12-6)8-4-2-3-7(11)5-8/h2-5H,1H2. The molecule has 4 nitrogen and oxygen atoms in total. The maximum Gasteiger partial charge on any atom is 0.284 e. The van der Waals surface area contributed by atoms with Gasteiger partial charge in [-0.05, 0) is 30.4 Å². The van der Waals surface area contributed by atoms with Gasteiger partial charge >= 0.3 is 0 Å². The van der Waals surface area contributed by atoms with Crippen LogP contribution in [0.25, 0.3) is 0 Å². The summed E-state index contributed by atoms with van der Waals surface area (Å²) in [6, 6.07) is 5.51. The van der Waals surface area contributed by atoms with Crippen LogP contribution in [0.4, 0.5) is 10.1 Å². The molecular formula is C10H6FN3OS. The number of carbonyl (C=O) groups is 1. The van der Waals surface area contributed by atoms with Crippen molar-refractivity contribution in [3.63, 3.8) is 0 Å². The predicted octanol–water partition coefficient (Wildman–Crippen LogP) is 2.42. The van der Waals surface area contributed by atoms with Crippen LogP contribution in [-0.4, -0.2) is 11.0 Å². The van der Waals surface area contributed by atoms with Gasteiger partial charge in [-0.1, -0.05) is 12.6 Å². The largest absolute Gasteiger partial charge is 0.284 e. The molecule has 1 aliphatic heterocycles. The minimum absolute atomic E-state index is 0.0250. The van der Waals surface area contributed by atoms with Crippen LogP contribution in [-0.2, 0) is 4.79 Å². The number of azo groups is 1. The summed E-state index contributed by atoms with van der Waals surface area (Å²) in [7, 11) is 0. The lowest BCUT2D eigenvalue weighted by Crippen LogP contribution is -2.37. The van der Waals surface area contributed by atoms with E-state index in [4.69, 9.17) is 12.2 Å². The van der Waals surface area contributed by atoms with Gasteiger partial charge in [-0.3, -0.25) is 4.79 Å². The predicted molar refractivity (Wildman–Crippen MR) is 60.5 cm³/mol. The van der Waals surface area contributed by atoms with Crippen LogP contribution in [0.15, 0.2) is 46.8 Å². The maximum absolute atomic E-state index is 13.0. The number of anilines is 1. The Hall–Kier alpha value is -1.95. The van der Waals surface area contributed by atoms with Gasteiger partial charge in [0.2, 0.25) is 5.11 Å². The first-order chi connectivity index (χ1) is 7.59. The van der Waals surface area contributed by atoms with E-state index in [-0.39, 0.29) is 10.8 Å². The van der Waals surface area contributed by atoms with Crippen LogP contribution < -0.4 is 4.90 Å². The zero-order valence-electron chi connectivity index (χ0n) is 8.05. The lowest BCUT2D eigenvalue weighted by atomic mass is 10.2. The normalized spacial score (nSPS) is 15.8. The Bertz CT molecular complexity index is 527. The molecular weight excluding hydrogens is 229 g/mol. The van der Waals surface area contributed by atoms with Gasteiger partial charge < -0.3 is 0 Å². The third-order valence-corrected chi connectivity index (χ3v) is 2.23. The van der Waals surface area contributed by atoms with Crippen LogP contribution in [0.1, 0.15) is 0 Å². The molecule has 0 bridgehead atoms. The van der Waals surface area contributed by atoms with Crippen molar-refractivity contribution < 1.29 is 9.18 Å². The molecule has 1 amide bonds. The molecule has 0 saturated carbocycles. The van der Waals surface area contributed by atoms with Gasteiger partial charge in [0.15, 0.2) is 0 Å². The van der Waals surface area contributed by atoms with Crippen molar-refractivity contribution in [2.24, 2.45) is 10.2 Å². The van der Waals surface area contributed by atoms with Crippen molar-refractivity contribution in [2.45, 2.75) is 0 Å². The lowest BCUT2D eigenvalue weighted by Gasteiger charge is -2.22. The zero-order chi connectivity index (χ0) is 11.7. The summed E-state index contributed by atoms with van der Waals surface area (Å²) < 4.78 is 13.0. The first-order valence-corrected chi connectivity index (χ1v) is 4.75. The third kappa shape index (κ3) is 1.74. The fourth-order valence-electron chi connectivity index (χ4n) is 1.25. The van der Waals surface area contributed by atoms with E-state index in [1.54, 1.807) is 6.07 Å². The minimum Gasteiger partial charge on any atom is -0.266 e. The van der Waals surface area contributed by atoms with E-state index in [1.807, 2.05) is 0 Å². The van der Waals surface area contributed by atoms with Gasteiger partial charge in [-0.15, -0.1) is 10.2 Å². The summed E-state index contributed by atoms with van der Waals surface area (Å²) in [5.41, 5.74) is 0.285. The van der Waals surface area contributed by atoms with Crippen molar-refractivity contribution in [1.82, 2.24) is 0 Å². The Morgan fingerprint density at radius 1 is 1.38 bits per heavy atom. The van der Waals surface area contributed by atoms with E-state index < -0.39 is 11.7 Å². The molecule has 0 unspecified atom stereocenters. The Balaban J connectivity index is 2.47. The zero-order valence-corrected chi connectivity index (χ0v) is 8.87. The van der Waals surface area contributed by atoms with Gasteiger partial charge in [-0.2, -0.15) is 0 Å². The number of hydrogen-bond donors (Lipinski definition) is 0. The molecule has 0 fully saturated rings. The number of hydrogen-bond acceptors (Lipinski definition) is 3. The van der Waals surface area contributed by atoms with Crippen molar-refractivity contribution >= 4 is 28.9 Å². The minimum atomic E-state index is -0.495. The Labute approximate surface area is 96.1 Å². The van der Waals surface area contributed by atoms with Crippen molar-refractivity contribution in [2.75, 3.05) is 4.90 Å². The topological polar surface area (TPSA) is 45.0 Å². The van der Waals surface area contributed by atoms with Gasteiger partial charge in [0.1, 0.15) is 11.5 Å². The molecule has 1 aromatic rings. The Morgan fingerprint density at radius 3 is 2.81 bits per heavy atom. The van der Waals surface area contributed by atoms with Crippen molar-refractivity contribution in [3.05, 3.63) is 42.4 Å². The van der Waals surface area contributed by atoms with E-state index in [0.717, 1.165) is 4.90 Å². The molecule has 1 aromatic carbocycles. The summed E-state index contributed by atoms with van der Waals surface area (Å²) in [6.07, 6.45) is 0. The van der Waals surface area contributed by atoms with E-state index in [2.05, 4.69) is 16.8 Å². The molecule has 0 aromatic heterocycles. The number of halogens is 1. The smallest absolute Gasteiger partial charge is 0.266 e. The monoisotopic (exact) mass is 235 g/mol.